The van der Waals surface area contributed by atoms with Crippen LogP contribution in [0.15, 0.2) is 34.3 Å². The van der Waals surface area contributed by atoms with Gasteiger partial charge < -0.3 is 9.47 Å². The number of aliphatic imine (C=N–C) groups is 2. The molecular formula is C14H17ClN2O2. The van der Waals surface area contributed by atoms with Gasteiger partial charge in [0.1, 0.15) is 13.2 Å². The Labute approximate surface area is 119 Å². The van der Waals surface area contributed by atoms with E-state index in [4.69, 9.17) is 9.47 Å². The minimum Gasteiger partial charge on any atom is -0.475 e. The molecule has 2 unspecified atom stereocenters. The molecule has 102 valence electrons. The number of hydrogen-bond donors (Lipinski definition) is 0. The van der Waals surface area contributed by atoms with Crippen molar-refractivity contribution < 1.29 is 9.47 Å². The second-order valence-corrected chi connectivity index (χ2v) is 4.77. The molecule has 2 heterocycles. The number of ether oxygens (including phenoxy) is 2. The van der Waals surface area contributed by atoms with Gasteiger partial charge in [0.05, 0.1) is 12.1 Å². The maximum absolute atomic E-state index is 5.56. The molecule has 4 nitrogen and oxygen atoms in total. The van der Waals surface area contributed by atoms with E-state index in [1.54, 1.807) is 0 Å². The molecule has 0 aromatic heterocycles. The second-order valence-electron chi connectivity index (χ2n) is 4.77. The second kappa shape index (κ2) is 5.61. The highest BCUT2D eigenvalue weighted by atomic mass is 35.5. The van der Waals surface area contributed by atoms with Gasteiger partial charge in [-0.2, -0.15) is 0 Å². The van der Waals surface area contributed by atoms with Crippen LogP contribution in [0.2, 0.25) is 0 Å². The maximum Gasteiger partial charge on any atom is 0.216 e. The molecule has 0 saturated heterocycles. The lowest BCUT2D eigenvalue weighted by Gasteiger charge is -2.05. The topological polar surface area (TPSA) is 43.2 Å². The summed E-state index contributed by atoms with van der Waals surface area (Å²) in [7, 11) is 0. The number of halogens is 1. The number of nitrogens with zero attached hydrogens (tertiary/aromatic N) is 2. The summed E-state index contributed by atoms with van der Waals surface area (Å²) >= 11 is 0. The van der Waals surface area contributed by atoms with E-state index < -0.39 is 0 Å². The van der Waals surface area contributed by atoms with Gasteiger partial charge in [0, 0.05) is 11.1 Å². The van der Waals surface area contributed by atoms with E-state index in [1.165, 1.54) is 0 Å². The van der Waals surface area contributed by atoms with Crippen LogP contribution in [0.5, 0.6) is 0 Å². The maximum atomic E-state index is 5.56. The summed E-state index contributed by atoms with van der Waals surface area (Å²) in [6.45, 7) is 5.41. The zero-order valence-corrected chi connectivity index (χ0v) is 11.8. The number of benzene rings is 1. The van der Waals surface area contributed by atoms with Crippen molar-refractivity contribution in [3.63, 3.8) is 0 Å². The lowest BCUT2D eigenvalue weighted by atomic mass is 10.1. The molecule has 0 bridgehead atoms. The lowest BCUT2D eigenvalue weighted by Crippen LogP contribution is -2.06. The Hall–Kier alpha value is -1.55. The molecule has 0 radical (unpaired) electrons. The average Bonchev–Trinajstić information content (AvgIpc) is 2.98. The molecule has 0 spiro atoms. The van der Waals surface area contributed by atoms with Gasteiger partial charge in [-0.1, -0.05) is 6.07 Å². The Kier molecular flexibility index (Phi) is 4.10. The molecule has 0 amide bonds. The third-order valence-electron chi connectivity index (χ3n) is 2.95. The van der Waals surface area contributed by atoms with E-state index in [0.717, 1.165) is 22.9 Å². The Morgan fingerprint density at radius 1 is 0.947 bits per heavy atom. The Balaban J connectivity index is 0.00000133. The van der Waals surface area contributed by atoms with Crippen LogP contribution in [0.4, 0.5) is 0 Å². The van der Waals surface area contributed by atoms with Crippen molar-refractivity contribution in [1.29, 1.82) is 0 Å². The van der Waals surface area contributed by atoms with Gasteiger partial charge in [-0.05, 0) is 32.0 Å². The van der Waals surface area contributed by atoms with Gasteiger partial charge in [0.15, 0.2) is 0 Å². The van der Waals surface area contributed by atoms with Crippen molar-refractivity contribution in [2.24, 2.45) is 9.98 Å². The highest BCUT2D eigenvalue weighted by Crippen LogP contribution is 2.16. The molecular weight excluding hydrogens is 264 g/mol. The first-order valence-electron chi connectivity index (χ1n) is 6.24. The molecule has 0 aliphatic carbocycles. The predicted octanol–water partition coefficient (Wildman–Crippen LogP) is 2.44. The van der Waals surface area contributed by atoms with E-state index >= 15 is 0 Å². The monoisotopic (exact) mass is 280 g/mol. The molecule has 0 fully saturated rings. The fourth-order valence-electron chi connectivity index (χ4n) is 2.05. The lowest BCUT2D eigenvalue weighted by molar-refractivity contribution is 0.323. The quantitative estimate of drug-likeness (QED) is 0.835. The van der Waals surface area contributed by atoms with Gasteiger partial charge in [0.25, 0.3) is 0 Å². The number of hydrogen-bond acceptors (Lipinski definition) is 4. The first kappa shape index (κ1) is 13.9. The minimum absolute atomic E-state index is 0. The van der Waals surface area contributed by atoms with E-state index in [1.807, 2.05) is 38.1 Å². The Morgan fingerprint density at radius 2 is 1.42 bits per heavy atom. The predicted molar refractivity (Wildman–Crippen MR) is 77.6 cm³/mol. The first-order chi connectivity index (χ1) is 8.72. The van der Waals surface area contributed by atoms with Crippen LogP contribution in [0.3, 0.4) is 0 Å². The van der Waals surface area contributed by atoms with Crippen molar-refractivity contribution in [2.75, 3.05) is 13.2 Å². The minimum atomic E-state index is 0. The summed E-state index contributed by atoms with van der Waals surface area (Å²) in [5, 5.41) is 0. The van der Waals surface area contributed by atoms with Gasteiger partial charge in [-0.3, -0.25) is 0 Å². The first-order valence-corrected chi connectivity index (χ1v) is 6.24. The highest BCUT2D eigenvalue weighted by molar-refractivity contribution is 6.00. The van der Waals surface area contributed by atoms with E-state index in [-0.39, 0.29) is 24.5 Å². The van der Waals surface area contributed by atoms with Gasteiger partial charge >= 0.3 is 0 Å². The molecule has 2 atom stereocenters. The van der Waals surface area contributed by atoms with Crippen molar-refractivity contribution in [2.45, 2.75) is 25.9 Å². The Morgan fingerprint density at radius 3 is 1.79 bits per heavy atom. The average molecular weight is 281 g/mol. The third-order valence-corrected chi connectivity index (χ3v) is 2.95. The fourth-order valence-corrected chi connectivity index (χ4v) is 2.05. The molecule has 1 aromatic rings. The molecule has 1 aromatic carbocycles. The largest absolute Gasteiger partial charge is 0.475 e. The summed E-state index contributed by atoms with van der Waals surface area (Å²) in [6, 6.07) is 8.48. The van der Waals surface area contributed by atoms with Crippen LogP contribution < -0.4 is 0 Å². The SMILES string of the molecule is CC1COC(c2cccc(C3=NC(C)CO3)c2)=N1.Cl. The molecule has 0 saturated carbocycles. The molecule has 2 aliphatic rings. The van der Waals surface area contributed by atoms with Gasteiger partial charge in [-0.15, -0.1) is 12.4 Å². The molecule has 0 N–H and O–H groups in total. The van der Waals surface area contributed by atoms with Crippen LogP contribution in [0.1, 0.15) is 25.0 Å². The van der Waals surface area contributed by atoms with E-state index in [2.05, 4.69) is 9.98 Å². The third kappa shape index (κ3) is 2.89. The van der Waals surface area contributed by atoms with Crippen molar-refractivity contribution in [3.8, 4) is 0 Å². The van der Waals surface area contributed by atoms with Gasteiger partial charge in [0.2, 0.25) is 11.8 Å². The van der Waals surface area contributed by atoms with Crippen molar-refractivity contribution in [1.82, 2.24) is 0 Å². The highest BCUT2D eigenvalue weighted by Gasteiger charge is 2.19. The van der Waals surface area contributed by atoms with Crippen LogP contribution in [-0.2, 0) is 9.47 Å². The molecule has 2 aliphatic heterocycles. The van der Waals surface area contributed by atoms with Crippen molar-refractivity contribution >= 4 is 24.2 Å². The van der Waals surface area contributed by atoms with Gasteiger partial charge in [-0.25, -0.2) is 9.98 Å². The summed E-state index contributed by atoms with van der Waals surface area (Å²) in [4.78, 5) is 8.91. The summed E-state index contributed by atoms with van der Waals surface area (Å²) in [5.74, 6) is 1.44. The van der Waals surface area contributed by atoms with Crippen LogP contribution in [0, 0.1) is 0 Å². The van der Waals surface area contributed by atoms with E-state index in [9.17, 15) is 0 Å². The van der Waals surface area contributed by atoms with Crippen LogP contribution >= 0.6 is 12.4 Å². The number of rotatable bonds is 2. The normalized spacial score (nSPS) is 24.9. The standard InChI is InChI=1S/C14H16N2O2.ClH/c1-9-7-17-13(15-9)11-4-3-5-12(6-11)14-16-10(2)8-18-14;/h3-6,9-10H,7-8H2,1-2H3;1H. The van der Waals surface area contributed by atoms with E-state index in [0.29, 0.717) is 13.2 Å². The van der Waals surface area contributed by atoms with Crippen LogP contribution in [-0.4, -0.2) is 37.1 Å². The molecule has 3 rings (SSSR count). The summed E-state index contributed by atoms with van der Waals surface area (Å²) < 4.78 is 11.1. The zero-order valence-electron chi connectivity index (χ0n) is 11.0. The molecule has 5 heteroatoms. The van der Waals surface area contributed by atoms with Crippen LogP contribution in [0.25, 0.3) is 0 Å². The molecule has 19 heavy (non-hydrogen) atoms. The zero-order chi connectivity index (χ0) is 12.5. The summed E-state index contributed by atoms with van der Waals surface area (Å²) in [6.07, 6.45) is 0. The smallest absolute Gasteiger partial charge is 0.216 e. The van der Waals surface area contributed by atoms with Crippen molar-refractivity contribution in [3.05, 3.63) is 35.4 Å². The Bertz CT molecular complexity index is 485. The fraction of sp³-hybridized carbons (Fsp3) is 0.429. The summed E-state index contributed by atoms with van der Waals surface area (Å²) in [5.41, 5.74) is 1.98.